The van der Waals surface area contributed by atoms with Crippen LogP contribution >= 0.6 is 11.3 Å². The van der Waals surface area contributed by atoms with E-state index in [1.54, 1.807) is 11.3 Å². The zero-order valence-corrected chi connectivity index (χ0v) is 11.6. The molecular weight excluding hydrogens is 260 g/mol. The molecule has 1 fully saturated rings. The average Bonchev–Trinajstić information content (AvgIpc) is 2.84. The SMILES string of the molecule is NC(=O)C1CCCCN1Cc1ccc(C#CCO)s1. The van der Waals surface area contributed by atoms with Gasteiger partial charge < -0.3 is 10.8 Å². The van der Waals surface area contributed by atoms with Gasteiger partial charge in [-0.15, -0.1) is 11.3 Å². The van der Waals surface area contributed by atoms with Crippen molar-refractivity contribution < 1.29 is 9.90 Å². The number of amides is 1. The number of aliphatic hydroxyl groups excluding tert-OH is 1. The lowest BCUT2D eigenvalue weighted by Crippen LogP contribution is -2.46. The topological polar surface area (TPSA) is 66.6 Å². The first-order valence-corrected chi connectivity index (χ1v) is 7.24. The van der Waals surface area contributed by atoms with E-state index in [1.165, 1.54) is 4.88 Å². The van der Waals surface area contributed by atoms with Gasteiger partial charge in [0.25, 0.3) is 0 Å². The number of nitrogens with two attached hydrogens (primary N) is 1. The number of rotatable bonds is 3. The minimum absolute atomic E-state index is 0.122. The second kappa shape index (κ2) is 6.71. The molecule has 4 nitrogen and oxygen atoms in total. The van der Waals surface area contributed by atoms with Crippen LogP contribution in [0.3, 0.4) is 0 Å². The molecule has 102 valence electrons. The molecule has 3 N–H and O–H groups in total. The Balaban J connectivity index is 2.02. The quantitative estimate of drug-likeness (QED) is 0.808. The highest BCUT2D eigenvalue weighted by molar-refractivity contribution is 7.12. The van der Waals surface area contributed by atoms with Crippen molar-refractivity contribution in [3.05, 3.63) is 21.9 Å². The van der Waals surface area contributed by atoms with Crippen LogP contribution in [-0.4, -0.2) is 35.1 Å². The number of hydrogen-bond acceptors (Lipinski definition) is 4. The Morgan fingerprint density at radius 2 is 2.37 bits per heavy atom. The number of carbonyl (C=O) groups is 1. The van der Waals surface area contributed by atoms with Crippen LogP contribution in [0.25, 0.3) is 0 Å². The third-order valence-electron chi connectivity index (χ3n) is 3.25. The summed E-state index contributed by atoms with van der Waals surface area (Å²) in [5.74, 6) is 5.31. The minimum atomic E-state index is -0.225. The highest BCUT2D eigenvalue weighted by Crippen LogP contribution is 2.23. The molecule has 1 unspecified atom stereocenters. The highest BCUT2D eigenvalue weighted by atomic mass is 32.1. The van der Waals surface area contributed by atoms with Crippen LogP contribution in [0.4, 0.5) is 0 Å². The van der Waals surface area contributed by atoms with E-state index >= 15 is 0 Å². The highest BCUT2D eigenvalue weighted by Gasteiger charge is 2.26. The molecule has 19 heavy (non-hydrogen) atoms. The van der Waals surface area contributed by atoms with E-state index in [0.717, 1.165) is 37.2 Å². The number of likely N-dealkylation sites (tertiary alicyclic amines) is 1. The van der Waals surface area contributed by atoms with Gasteiger partial charge in [-0.2, -0.15) is 0 Å². The molecule has 0 spiro atoms. The van der Waals surface area contributed by atoms with Gasteiger partial charge in [-0.25, -0.2) is 0 Å². The van der Waals surface area contributed by atoms with Gasteiger partial charge in [0.1, 0.15) is 6.61 Å². The maximum absolute atomic E-state index is 11.4. The van der Waals surface area contributed by atoms with Gasteiger partial charge in [-0.1, -0.05) is 18.3 Å². The fourth-order valence-corrected chi connectivity index (χ4v) is 3.27. The van der Waals surface area contributed by atoms with E-state index in [0.29, 0.717) is 0 Å². The number of aliphatic hydroxyl groups is 1. The van der Waals surface area contributed by atoms with Crippen molar-refractivity contribution in [2.75, 3.05) is 13.2 Å². The predicted molar refractivity (Wildman–Crippen MR) is 75.5 cm³/mol. The van der Waals surface area contributed by atoms with Gasteiger partial charge in [0.2, 0.25) is 5.91 Å². The van der Waals surface area contributed by atoms with Crippen molar-refractivity contribution in [3.8, 4) is 11.8 Å². The fraction of sp³-hybridized carbons (Fsp3) is 0.500. The number of carbonyl (C=O) groups excluding carboxylic acids is 1. The molecule has 1 amide bonds. The molecule has 0 radical (unpaired) electrons. The van der Waals surface area contributed by atoms with Crippen LogP contribution < -0.4 is 5.73 Å². The number of nitrogens with zero attached hydrogens (tertiary/aromatic N) is 1. The van der Waals surface area contributed by atoms with Crippen molar-refractivity contribution in [3.63, 3.8) is 0 Å². The number of hydrogen-bond donors (Lipinski definition) is 2. The third kappa shape index (κ3) is 3.80. The fourth-order valence-electron chi connectivity index (χ4n) is 2.36. The number of piperidine rings is 1. The second-order valence-electron chi connectivity index (χ2n) is 4.61. The molecule has 1 aromatic heterocycles. The maximum Gasteiger partial charge on any atom is 0.234 e. The Labute approximate surface area is 117 Å². The molecule has 0 aromatic carbocycles. The first-order chi connectivity index (χ1) is 9.20. The first-order valence-electron chi connectivity index (χ1n) is 6.42. The largest absolute Gasteiger partial charge is 0.384 e. The third-order valence-corrected chi connectivity index (χ3v) is 4.24. The van der Waals surface area contributed by atoms with Crippen molar-refractivity contribution in [1.29, 1.82) is 0 Å². The number of primary amides is 1. The first kappa shape index (κ1) is 14.1. The van der Waals surface area contributed by atoms with Crippen LogP contribution in [0.1, 0.15) is 29.0 Å². The molecule has 2 rings (SSSR count). The van der Waals surface area contributed by atoms with Gasteiger partial charge in [0.05, 0.1) is 10.9 Å². The van der Waals surface area contributed by atoms with Crippen LogP contribution in [0, 0.1) is 11.8 Å². The zero-order chi connectivity index (χ0) is 13.7. The van der Waals surface area contributed by atoms with E-state index in [4.69, 9.17) is 10.8 Å². The van der Waals surface area contributed by atoms with Crippen LogP contribution in [0.5, 0.6) is 0 Å². The smallest absolute Gasteiger partial charge is 0.234 e. The molecule has 1 aliphatic heterocycles. The Kier molecular flexibility index (Phi) is 4.97. The Morgan fingerprint density at radius 1 is 1.53 bits per heavy atom. The summed E-state index contributed by atoms with van der Waals surface area (Å²) in [5.41, 5.74) is 5.45. The summed E-state index contributed by atoms with van der Waals surface area (Å²) >= 11 is 1.60. The lowest BCUT2D eigenvalue weighted by Gasteiger charge is -2.33. The molecule has 2 heterocycles. The van der Waals surface area contributed by atoms with Crippen LogP contribution in [-0.2, 0) is 11.3 Å². The average molecular weight is 278 g/mol. The molecule has 0 aliphatic carbocycles. The summed E-state index contributed by atoms with van der Waals surface area (Å²) < 4.78 is 0. The van der Waals surface area contributed by atoms with Crippen molar-refractivity contribution in [2.45, 2.75) is 31.8 Å². The summed E-state index contributed by atoms with van der Waals surface area (Å²) in [6, 6.07) is 3.84. The van der Waals surface area contributed by atoms with Crippen molar-refractivity contribution >= 4 is 17.2 Å². The summed E-state index contributed by atoms with van der Waals surface area (Å²) in [4.78, 5) is 15.7. The van der Waals surface area contributed by atoms with Gasteiger partial charge in [-0.05, 0) is 31.5 Å². The van der Waals surface area contributed by atoms with Gasteiger partial charge >= 0.3 is 0 Å². The molecule has 0 saturated carbocycles. The summed E-state index contributed by atoms with van der Waals surface area (Å²) in [7, 11) is 0. The molecule has 1 saturated heterocycles. The van der Waals surface area contributed by atoms with Gasteiger partial charge in [0.15, 0.2) is 0 Å². The second-order valence-corrected chi connectivity index (χ2v) is 5.78. The molecule has 1 aromatic rings. The molecule has 1 aliphatic rings. The van der Waals surface area contributed by atoms with E-state index in [2.05, 4.69) is 16.7 Å². The Morgan fingerprint density at radius 3 is 3.11 bits per heavy atom. The predicted octanol–water partition coefficient (Wildman–Crippen LogP) is 0.932. The maximum atomic E-state index is 11.4. The van der Waals surface area contributed by atoms with Crippen LogP contribution in [0.15, 0.2) is 12.1 Å². The van der Waals surface area contributed by atoms with Gasteiger partial charge in [-0.3, -0.25) is 9.69 Å². The van der Waals surface area contributed by atoms with E-state index in [-0.39, 0.29) is 18.6 Å². The Bertz CT molecular complexity index is 501. The van der Waals surface area contributed by atoms with E-state index in [9.17, 15) is 4.79 Å². The lowest BCUT2D eigenvalue weighted by atomic mass is 10.0. The molecule has 1 atom stereocenters. The molecule has 0 bridgehead atoms. The zero-order valence-electron chi connectivity index (χ0n) is 10.8. The van der Waals surface area contributed by atoms with E-state index < -0.39 is 0 Å². The number of thiophene rings is 1. The van der Waals surface area contributed by atoms with Gasteiger partial charge in [0, 0.05) is 11.4 Å². The standard InChI is InChI=1S/C14H18N2O2S/c15-14(18)13-5-1-2-8-16(13)10-12-7-6-11(19-12)4-3-9-17/h6-7,13,17H,1-2,5,8-10H2,(H2,15,18). The molecule has 5 heteroatoms. The molecular formula is C14H18N2O2S. The van der Waals surface area contributed by atoms with E-state index in [1.807, 2.05) is 12.1 Å². The lowest BCUT2D eigenvalue weighted by molar-refractivity contribution is -0.124. The van der Waals surface area contributed by atoms with Crippen molar-refractivity contribution in [1.82, 2.24) is 4.90 Å². The summed E-state index contributed by atoms with van der Waals surface area (Å²) in [6.07, 6.45) is 3.05. The monoisotopic (exact) mass is 278 g/mol. The summed E-state index contributed by atoms with van der Waals surface area (Å²) in [5, 5.41) is 8.66. The Hall–Kier alpha value is -1.35. The van der Waals surface area contributed by atoms with Crippen molar-refractivity contribution in [2.24, 2.45) is 5.73 Å². The van der Waals surface area contributed by atoms with Crippen LogP contribution in [0.2, 0.25) is 0 Å². The minimum Gasteiger partial charge on any atom is -0.384 e. The normalized spacial score (nSPS) is 19.7. The summed E-state index contributed by atoms with van der Waals surface area (Å²) in [6.45, 7) is 1.55.